The number of ketones is 10. The molecule has 0 atom stereocenters. The molecule has 9 aliphatic rings. The Labute approximate surface area is 720 Å². The van der Waals surface area contributed by atoms with Crippen molar-refractivity contribution >= 4 is 75.3 Å². The second-order valence-electron chi connectivity index (χ2n) is 31.5. The molecule has 4 heterocycles. The highest BCUT2D eigenvalue weighted by atomic mass is 32.2. The van der Waals surface area contributed by atoms with E-state index in [0.29, 0.717) is 157 Å². The molecule has 0 spiro atoms. The van der Waals surface area contributed by atoms with E-state index in [4.69, 9.17) is 0 Å². The molecule has 19 heteroatoms. The third kappa shape index (κ3) is 20.2. The van der Waals surface area contributed by atoms with Crippen LogP contribution in [0.3, 0.4) is 0 Å². The number of likely N-dealkylation sites (tertiary alicyclic amines) is 2. The highest BCUT2D eigenvalue weighted by molar-refractivity contribution is 7.99. The summed E-state index contributed by atoms with van der Waals surface area (Å²) in [5.74, 6) is 1.68. The monoisotopic (exact) mass is 1650 g/mol. The molecule has 0 amide bonds. The lowest BCUT2D eigenvalue weighted by Gasteiger charge is -2.37. The molecule has 4 fully saturated rings. The quantitative estimate of drug-likeness (QED) is 0.0603. The molecule has 8 aromatic carbocycles. The van der Waals surface area contributed by atoms with Crippen LogP contribution >= 0.6 is 11.8 Å². The standard InChI is InChI=1S/C22H25N3O2.2C22H21NO2.C19H22N2O2.C18H19NO2S/c1-3-25(4-2)15-14-23-19-20(24-16-10-6-5-7-11-16)22(27)18-13-9-8-12-17(18)21(19)26;2*24-21-17-11-5-6-12-18(17)22(25)20(23-13-7-2-8-14-23)19(21)15-16-9-3-1-4-10-16;1-3-4-7-16-17(21-12-10-20(2)11-13-21)19(23)15-9-6-5-8-14(15)18(16)22;1-2-3-6-15-16(19-9-11-22-12-10-19)18(21)14-8-5-4-7-13(14)17(15)20/h5-13,23-24H,3-4,14-15H2,1-2H3;2*1,3-6,9-12H,2,7-8,13-15H2;3,5-6,8-9H,1,4,7,10-13H2,2H3;2,4-5,7-8H,1,3,6,9-12H2. The van der Waals surface area contributed by atoms with Gasteiger partial charge in [0.2, 0.25) is 34.7 Å². The zero-order chi connectivity index (χ0) is 85.6. The summed E-state index contributed by atoms with van der Waals surface area (Å²) in [6.45, 7) is 23.4. The number of anilines is 1. The number of carbonyl (C=O) groups is 10. The van der Waals surface area contributed by atoms with E-state index in [0.717, 1.165) is 139 Å². The van der Waals surface area contributed by atoms with Gasteiger partial charge >= 0.3 is 0 Å². The fraction of sp³-hybridized carbons (Fsp3) is 0.301. The van der Waals surface area contributed by atoms with Crippen LogP contribution in [0.4, 0.5) is 5.69 Å². The van der Waals surface area contributed by atoms with E-state index in [2.05, 4.69) is 74.1 Å². The van der Waals surface area contributed by atoms with E-state index in [-0.39, 0.29) is 57.8 Å². The van der Waals surface area contributed by atoms with E-state index in [1.165, 1.54) is 12.8 Å². The number of hydrogen-bond acceptors (Lipinski definition) is 19. The molecule has 4 saturated heterocycles. The van der Waals surface area contributed by atoms with Gasteiger partial charge in [-0.3, -0.25) is 47.9 Å². The fourth-order valence-electron chi connectivity index (χ4n) is 17.1. The Morgan fingerprint density at radius 2 is 0.631 bits per heavy atom. The first-order chi connectivity index (χ1) is 59.5. The number of benzene rings is 8. The second-order valence-corrected chi connectivity index (χ2v) is 32.7. The first-order valence-corrected chi connectivity index (χ1v) is 44.1. The number of carbonyl (C=O) groups excluding carboxylic acids is 10. The molecule has 4 aliphatic heterocycles. The van der Waals surface area contributed by atoms with E-state index in [9.17, 15) is 47.9 Å². The molecule has 17 rings (SSSR count). The van der Waals surface area contributed by atoms with Crippen molar-refractivity contribution < 1.29 is 47.9 Å². The van der Waals surface area contributed by atoms with E-state index in [1.807, 2.05) is 151 Å². The third-order valence-corrected chi connectivity index (χ3v) is 24.6. The summed E-state index contributed by atoms with van der Waals surface area (Å²) in [6, 6.07) is 65.0. The van der Waals surface area contributed by atoms with Crippen molar-refractivity contribution in [1.82, 2.24) is 34.7 Å². The number of Topliss-reactive ketones (excluding diaryl/α,β-unsaturated/α-hetero) is 10. The number of hydrogen-bond donors (Lipinski definition) is 2. The Balaban J connectivity index is 0.000000132. The highest BCUT2D eigenvalue weighted by Gasteiger charge is 2.41. The number of nitrogens with one attached hydrogen (secondary N) is 2. The summed E-state index contributed by atoms with van der Waals surface area (Å²) in [5, 5.41) is 6.37. The molecule has 18 nitrogen and oxygen atoms in total. The van der Waals surface area contributed by atoms with Gasteiger partial charge in [0.1, 0.15) is 11.4 Å². The summed E-state index contributed by atoms with van der Waals surface area (Å²) < 4.78 is 0. The third-order valence-electron chi connectivity index (χ3n) is 23.7. The topological polar surface area (TPSA) is 214 Å². The minimum Gasteiger partial charge on any atom is -0.379 e. The minimum atomic E-state index is -0.167. The molecule has 122 heavy (non-hydrogen) atoms. The van der Waals surface area contributed by atoms with Gasteiger partial charge in [0.25, 0.3) is 0 Å². The van der Waals surface area contributed by atoms with Crippen molar-refractivity contribution in [2.75, 3.05) is 115 Å². The maximum atomic E-state index is 13.2. The Morgan fingerprint density at radius 1 is 0.336 bits per heavy atom. The van der Waals surface area contributed by atoms with Crippen LogP contribution in [0.2, 0.25) is 0 Å². The predicted molar refractivity (Wildman–Crippen MR) is 484 cm³/mol. The zero-order valence-electron chi connectivity index (χ0n) is 70.2. The van der Waals surface area contributed by atoms with Crippen LogP contribution in [-0.4, -0.2) is 197 Å². The van der Waals surface area contributed by atoms with E-state index in [1.54, 1.807) is 84.9 Å². The second kappa shape index (κ2) is 42.3. The number of para-hydroxylation sites is 1. The van der Waals surface area contributed by atoms with Crippen LogP contribution in [0.25, 0.3) is 0 Å². The Hall–Kier alpha value is -12.3. The Morgan fingerprint density at radius 3 is 0.984 bits per heavy atom. The molecule has 626 valence electrons. The zero-order valence-corrected chi connectivity index (χ0v) is 71.1. The summed E-state index contributed by atoms with van der Waals surface area (Å²) >= 11 is 1.89. The first kappa shape index (κ1) is 87.5. The van der Waals surface area contributed by atoms with E-state index < -0.39 is 0 Å². The van der Waals surface area contributed by atoms with Crippen molar-refractivity contribution in [2.24, 2.45) is 0 Å². The molecule has 8 aromatic rings. The molecular formula is C103H108N8O10S. The highest BCUT2D eigenvalue weighted by Crippen LogP contribution is 2.38. The summed E-state index contributed by atoms with van der Waals surface area (Å²) in [4.78, 5) is 144. The van der Waals surface area contributed by atoms with Crippen LogP contribution in [0.15, 0.2) is 294 Å². The van der Waals surface area contributed by atoms with Gasteiger partial charge in [0.15, 0.2) is 23.1 Å². The maximum Gasteiger partial charge on any atom is 0.212 e. The Bertz CT molecular complexity index is 5290. The van der Waals surface area contributed by atoms with Crippen molar-refractivity contribution in [1.29, 1.82) is 0 Å². The SMILES string of the molecule is C=CCCC1=C(N2CCN(C)CC2)C(=O)c2ccccc2C1=O.C=CCCC1=C(N2CCSCC2)C(=O)c2ccccc2C1=O.CCN(CC)CCNC1=C(Nc2ccccc2)C(=O)c2ccccc2C1=O.O=C1C(Cc2ccccc2)=C(N2CCCCC2)C(=O)c2ccccc21.O=C1C(Cc2ccccc2)=C(N2CCCCC2)C(=O)c2ccccc21. The molecule has 5 aliphatic carbocycles. The van der Waals surface area contributed by atoms with Crippen LogP contribution in [-0.2, 0) is 12.8 Å². The van der Waals surface area contributed by atoms with Crippen molar-refractivity contribution in [3.05, 3.63) is 361 Å². The van der Waals surface area contributed by atoms with Gasteiger partial charge in [-0.15, -0.1) is 13.2 Å². The number of thioether (sulfide) groups is 1. The number of allylic oxidation sites excluding steroid dienone is 12. The maximum absolute atomic E-state index is 13.2. The molecule has 0 bridgehead atoms. The van der Waals surface area contributed by atoms with Gasteiger partial charge in [-0.25, -0.2) is 0 Å². The van der Waals surface area contributed by atoms with Crippen LogP contribution in [0, 0.1) is 0 Å². The lowest BCUT2D eigenvalue weighted by Crippen LogP contribution is -2.46. The summed E-state index contributed by atoms with van der Waals surface area (Å²) in [5.41, 5.74) is 13.9. The predicted octanol–water partition coefficient (Wildman–Crippen LogP) is 17.3. The number of likely N-dealkylation sites (N-methyl/N-ethyl adjacent to an activating group) is 2. The average Bonchev–Trinajstić information content (AvgIpc) is 0.765. The largest absolute Gasteiger partial charge is 0.379 e. The van der Waals surface area contributed by atoms with Gasteiger partial charge in [-0.2, -0.15) is 11.8 Å². The number of piperazine rings is 1. The van der Waals surface area contributed by atoms with Gasteiger partial charge in [-0.1, -0.05) is 226 Å². The number of rotatable bonds is 22. The molecule has 0 unspecified atom stereocenters. The minimum absolute atomic E-state index is 0.000346. The Kier molecular flexibility index (Phi) is 30.3. The first-order valence-electron chi connectivity index (χ1n) is 43.0. The molecular weight excluding hydrogens is 1540 g/mol. The molecule has 0 saturated carbocycles. The lowest BCUT2D eigenvalue weighted by atomic mass is 9.83. The number of piperidine rings is 2. The summed E-state index contributed by atoms with van der Waals surface area (Å²) in [6.07, 6.45) is 13.9. The fourth-order valence-corrected chi connectivity index (χ4v) is 18.0. The van der Waals surface area contributed by atoms with Gasteiger partial charge in [0, 0.05) is 186 Å². The van der Waals surface area contributed by atoms with Crippen LogP contribution in [0.1, 0.15) is 193 Å². The van der Waals surface area contributed by atoms with Crippen molar-refractivity contribution in [3.8, 4) is 0 Å². The van der Waals surface area contributed by atoms with Crippen molar-refractivity contribution in [3.63, 3.8) is 0 Å². The number of fused-ring (bicyclic) bond motifs is 5. The lowest BCUT2D eigenvalue weighted by molar-refractivity contribution is 0.0913. The summed E-state index contributed by atoms with van der Waals surface area (Å²) in [7, 11) is 2.08. The normalized spacial score (nSPS) is 17.2. The van der Waals surface area contributed by atoms with Crippen LogP contribution < -0.4 is 10.6 Å². The van der Waals surface area contributed by atoms with Gasteiger partial charge < -0.3 is 40.0 Å². The van der Waals surface area contributed by atoms with Crippen molar-refractivity contribution in [2.45, 2.75) is 90.9 Å². The molecule has 2 N–H and O–H groups in total. The van der Waals surface area contributed by atoms with E-state index >= 15 is 0 Å². The molecule has 0 radical (unpaired) electrons. The van der Waals surface area contributed by atoms with Gasteiger partial charge in [0.05, 0.1) is 22.8 Å². The molecule has 0 aromatic heterocycles. The van der Waals surface area contributed by atoms with Gasteiger partial charge in [-0.05, 0) is 108 Å². The van der Waals surface area contributed by atoms with Crippen LogP contribution in [0.5, 0.6) is 0 Å². The smallest absolute Gasteiger partial charge is 0.212 e. The average molecular weight is 1650 g/mol. The number of nitrogens with zero attached hydrogens (tertiary/aromatic N) is 6.